The summed E-state index contributed by atoms with van der Waals surface area (Å²) in [4.78, 5) is 30.7. The summed E-state index contributed by atoms with van der Waals surface area (Å²) in [6.07, 6.45) is 5.06. The number of amides is 1. The quantitative estimate of drug-likeness (QED) is 0.401. The van der Waals surface area contributed by atoms with Crippen molar-refractivity contribution in [3.63, 3.8) is 0 Å². The Hall–Kier alpha value is -4.37. The van der Waals surface area contributed by atoms with E-state index >= 15 is 0 Å². The molecule has 0 aliphatic carbocycles. The van der Waals surface area contributed by atoms with Crippen molar-refractivity contribution in [1.82, 2.24) is 35.0 Å². The molecule has 0 saturated heterocycles. The lowest BCUT2D eigenvalue weighted by Gasteiger charge is -2.12. The maximum Gasteiger partial charge on any atom is 0.274 e. The number of fused-ring (bicyclic) bond motifs is 1. The number of aryl methyl sites for hydroxylation is 1. The van der Waals surface area contributed by atoms with Crippen molar-refractivity contribution in [2.24, 2.45) is 7.05 Å². The van der Waals surface area contributed by atoms with Gasteiger partial charge in [-0.1, -0.05) is 23.7 Å². The predicted octanol–water partition coefficient (Wildman–Crippen LogP) is 3.65. The highest BCUT2D eigenvalue weighted by atomic mass is 35.5. The van der Waals surface area contributed by atoms with E-state index in [2.05, 4.69) is 30.4 Å². The van der Waals surface area contributed by atoms with Gasteiger partial charge in [0.05, 0.1) is 28.5 Å². The molecule has 3 N–H and O–H groups in total. The van der Waals surface area contributed by atoms with Crippen LogP contribution < -0.4 is 11.1 Å². The first-order valence-electron chi connectivity index (χ1n) is 10.4. The Morgan fingerprint density at radius 1 is 1.09 bits per heavy atom. The van der Waals surface area contributed by atoms with Crippen LogP contribution >= 0.6 is 11.6 Å². The Morgan fingerprint density at radius 3 is 2.74 bits per heavy atom. The van der Waals surface area contributed by atoms with Crippen LogP contribution in [-0.4, -0.2) is 35.6 Å². The van der Waals surface area contributed by atoms with Gasteiger partial charge >= 0.3 is 0 Å². The zero-order chi connectivity index (χ0) is 23.7. The second-order valence-electron chi connectivity index (χ2n) is 7.59. The van der Waals surface area contributed by atoms with E-state index in [9.17, 15) is 4.79 Å². The molecule has 4 aromatic heterocycles. The van der Waals surface area contributed by atoms with Gasteiger partial charge < -0.3 is 11.1 Å². The van der Waals surface area contributed by atoms with E-state index < -0.39 is 5.91 Å². The molecule has 5 aromatic rings. The summed E-state index contributed by atoms with van der Waals surface area (Å²) in [5, 5.41) is 8.70. The highest BCUT2D eigenvalue weighted by molar-refractivity contribution is 6.30. The third-order valence-electron chi connectivity index (χ3n) is 5.19. The van der Waals surface area contributed by atoms with Crippen LogP contribution in [0.2, 0.25) is 5.02 Å². The zero-order valence-electron chi connectivity index (χ0n) is 18.1. The minimum Gasteiger partial charge on any atom is -0.382 e. The van der Waals surface area contributed by atoms with E-state index in [1.807, 2.05) is 43.4 Å². The Labute approximate surface area is 199 Å². The Bertz CT molecular complexity index is 1510. The molecule has 0 atom stereocenters. The van der Waals surface area contributed by atoms with Gasteiger partial charge in [0.1, 0.15) is 11.4 Å². The smallest absolute Gasteiger partial charge is 0.274 e. The summed E-state index contributed by atoms with van der Waals surface area (Å²) in [6, 6.07) is 14.8. The molecule has 9 nitrogen and oxygen atoms in total. The number of hydrogen-bond donors (Lipinski definition) is 2. The number of nitrogen functional groups attached to an aromatic ring is 1. The van der Waals surface area contributed by atoms with Crippen LogP contribution in [0, 0.1) is 0 Å². The van der Waals surface area contributed by atoms with Crippen molar-refractivity contribution in [3.8, 4) is 22.6 Å². The van der Waals surface area contributed by atoms with Crippen molar-refractivity contribution in [2.45, 2.75) is 6.54 Å². The van der Waals surface area contributed by atoms with Crippen molar-refractivity contribution >= 4 is 34.2 Å². The third kappa shape index (κ3) is 4.28. The van der Waals surface area contributed by atoms with E-state index in [0.717, 1.165) is 16.5 Å². The maximum absolute atomic E-state index is 13.0. The molecule has 5 rings (SSSR count). The Balaban J connectivity index is 1.56. The fraction of sp³-hybridized carbons (Fsp3) is 0.0833. The summed E-state index contributed by atoms with van der Waals surface area (Å²) in [5.41, 5.74) is 10.0. The first-order valence-corrected chi connectivity index (χ1v) is 10.8. The number of nitrogens with zero attached hydrogens (tertiary/aromatic N) is 6. The lowest BCUT2D eigenvalue weighted by atomic mass is 10.0. The van der Waals surface area contributed by atoms with Crippen molar-refractivity contribution in [1.29, 1.82) is 0 Å². The van der Waals surface area contributed by atoms with E-state index in [1.165, 1.54) is 6.20 Å². The van der Waals surface area contributed by atoms with Crippen LogP contribution in [0.1, 0.15) is 16.2 Å². The van der Waals surface area contributed by atoms with E-state index in [-0.39, 0.29) is 18.1 Å². The molecule has 0 bridgehead atoms. The van der Waals surface area contributed by atoms with Gasteiger partial charge in [0.15, 0.2) is 11.5 Å². The Kier molecular flexibility index (Phi) is 5.60. The van der Waals surface area contributed by atoms with Gasteiger partial charge in [0.2, 0.25) is 0 Å². The van der Waals surface area contributed by atoms with Crippen molar-refractivity contribution in [2.75, 3.05) is 5.73 Å². The highest BCUT2D eigenvalue weighted by Crippen LogP contribution is 2.31. The van der Waals surface area contributed by atoms with E-state index in [1.54, 1.807) is 29.2 Å². The lowest BCUT2D eigenvalue weighted by Crippen LogP contribution is -2.26. The number of carbonyl (C=O) groups is 1. The van der Waals surface area contributed by atoms with Crippen LogP contribution in [0.3, 0.4) is 0 Å². The number of anilines is 1. The van der Waals surface area contributed by atoms with Crippen molar-refractivity contribution in [3.05, 3.63) is 83.5 Å². The van der Waals surface area contributed by atoms with E-state index in [4.69, 9.17) is 17.3 Å². The summed E-state index contributed by atoms with van der Waals surface area (Å²) in [6.45, 7) is 0.191. The summed E-state index contributed by atoms with van der Waals surface area (Å²) < 4.78 is 1.67. The molecule has 0 spiro atoms. The van der Waals surface area contributed by atoms with E-state index in [0.29, 0.717) is 27.8 Å². The average Bonchev–Trinajstić information content (AvgIpc) is 3.29. The van der Waals surface area contributed by atoms with Crippen LogP contribution in [-0.2, 0) is 13.6 Å². The second kappa shape index (κ2) is 8.87. The lowest BCUT2D eigenvalue weighted by molar-refractivity contribution is 0.0946. The summed E-state index contributed by atoms with van der Waals surface area (Å²) in [5.74, 6) is -0.452. The Morgan fingerprint density at radius 2 is 1.97 bits per heavy atom. The van der Waals surface area contributed by atoms with Gasteiger partial charge in [0, 0.05) is 36.6 Å². The molecule has 1 aromatic carbocycles. The normalized spacial score (nSPS) is 11.0. The molecule has 34 heavy (non-hydrogen) atoms. The number of nitrogens with two attached hydrogens (primary N) is 1. The molecule has 4 heterocycles. The molecule has 168 valence electrons. The van der Waals surface area contributed by atoms with Gasteiger partial charge in [-0.25, -0.2) is 9.97 Å². The molecule has 0 aliphatic heterocycles. The fourth-order valence-corrected chi connectivity index (χ4v) is 3.64. The molecule has 0 unspecified atom stereocenters. The molecule has 1 amide bonds. The molecule has 0 radical (unpaired) electrons. The number of carbonyl (C=O) groups excluding carboxylic acids is 1. The van der Waals surface area contributed by atoms with Gasteiger partial charge in [-0.05, 0) is 36.4 Å². The summed E-state index contributed by atoms with van der Waals surface area (Å²) in [7, 11) is 1.81. The first-order chi connectivity index (χ1) is 16.5. The maximum atomic E-state index is 13.0. The molecule has 10 heteroatoms. The number of aromatic nitrogens is 6. The highest BCUT2D eigenvalue weighted by Gasteiger charge is 2.21. The average molecular weight is 471 g/mol. The number of hydrogen-bond acceptors (Lipinski definition) is 7. The van der Waals surface area contributed by atoms with Crippen LogP contribution in [0.15, 0.2) is 67.1 Å². The number of pyridine rings is 2. The number of nitrogens with one attached hydrogen (secondary N) is 1. The van der Waals surface area contributed by atoms with Gasteiger partial charge in [-0.3, -0.25) is 19.4 Å². The molecular formula is C24H19ClN8O. The largest absolute Gasteiger partial charge is 0.382 e. The van der Waals surface area contributed by atoms with Crippen LogP contribution in [0.25, 0.3) is 33.5 Å². The molecule has 0 fully saturated rings. The monoisotopic (exact) mass is 470 g/mol. The second-order valence-corrected chi connectivity index (χ2v) is 8.03. The minimum absolute atomic E-state index is 0.00780. The fourth-order valence-electron chi connectivity index (χ4n) is 3.53. The van der Waals surface area contributed by atoms with Crippen LogP contribution in [0.5, 0.6) is 0 Å². The first kappa shape index (κ1) is 21.5. The minimum atomic E-state index is -0.460. The number of halogens is 1. The molecule has 0 aliphatic rings. The summed E-state index contributed by atoms with van der Waals surface area (Å²) >= 11 is 5.87. The standard InChI is InChI=1S/C24H19ClN8O/c1-33-10-8-19(32-33)21-20(15-4-7-18-14(11-15)3-2-9-27-18)30-22(23(26)31-21)24(34)29-13-17-6-5-16(25)12-28-17/h2-12H,13H2,1H3,(H2,26,31)(H,29,34). The topological polar surface area (TPSA) is 124 Å². The molecular weight excluding hydrogens is 452 g/mol. The van der Waals surface area contributed by atoms with Crippen molar-refractivity contribution < 1.29 is 4.79 Å². The van der Waals surface area contributed by atoms with Gasteiger partial charge in [-0.2, -0.15) is 5.10 Å². The molecule has 0 saturated carbocycles. The van der Waals surface area contributed by atoms with Gasteiger partial charge in [0.25, 0.3) is 5.91 Å². The number of benzene rings is 1. The predicted molar refractivity (Wildman–Crippen MR) is 130 cm³/mol. The number of rotatable bonds is 5. The SMILES string of the molecule is Cn1ccc(-c2nc(N)c(C(=O)NCc3ccc(Cl)cn3)nc2-c2ccc3ncccc3c2)n1. The van der Waals surface area contributed by atoms with Crippen LogP contribution in [0.4, 0.5) is 5.82 Å². The third-order valence-corrected chi connectivity index (χ3v) is 5.41. The zero-order valence-corrected chi connectivity index (χ0v) is 18.9. The van der Waals surface area contributed by atoms with Gasteiger partial charge in [-0.15, -0.1) is 0 Å².